The molecule has 1 saturated carbocycles. The Morgan fingerprint density at radius 3 is 2.35 bits per heavy atom. The highest BCUT2D eigenvalue weighted by Gasteiger charge is 2.61. The molecule has 1 rings (SSSR count). The molecule has 0 aromatic carbocycles. The summed E-state index contributed by atoms with van der Waals surface area (Å²) in [4.78, 5) is 12.0. The molecule has 0 heterocycles. The molecule has 94 valence electrons. The molecule has 0 aromatic rings. The molecular formula is C14H21NO2. The number of hydrogen-bond donors (Lipinski definition) is 0. The van der Waals surface area contributed by atoms with Crippen molar-refractivity contribution in [2.24, 2.45) is 17.3 Å². The normalized spacial score (nSPS) is 27.2. The highest BCUT2D eigenvalue weighted by molar-refractivity contribution is 5.78. The van der Waals surface area contributed by atoms with Crippen molar-refractivity contribution in [3.05, 3.63) is 11.6 Å². The molecule has 0 aliphatic heterocycles. The lowest BCUT2D eigenvalue weighted by atomic mass is 10.1. The van der Waals surface area contributed by atoms with Gasteiger partial charge in [-0.1, -0.05) is 19.9 Å². The molecule has 0 radical (unpaired) electrons. The fourth-order valence-corrected chi connectivity index (χ4v) is 2.11. The second-order valence-electron chi connectivity index (χ2n) is 6.32. The van der Waals surface area contributed by atoms with Gasteiger partial charge in [0.05, 0.1) is 12.0 Å². The molecule has 1 fully saturated rings. The zero-order valence-electron chi connectivity index (χ0n) is 11.5. The minimum absolute atomic E-state index is 0.0968. The second-order valence-corrected chi connectivity index (χ2v) is 6.32. The fraction of sp³-hybridized carbons (Fsp3) is 0.714. The number of rotatable bonds is 2. The number of hydrogen-bond acceptors (Lipinski definition) is 3. The summed E-state index contributed by atoms with van der Waals surface area (Å²) in [5.74, 6) is -0.156. The minimum Gasteiger partial charge on any atom is -0.460 e. The summed E-state index contributed by atoms with van der Waals surface area (Å²) in [5, 5.41) is 8.76. The van der Waals surface area contributed by atoms with Crippen LogP contribution in [0.3, 0.4) is 0 Å². The maximum atomic E-state index is 12.0. The van der Waals surface area contributed by atoms with Gasteiger partial charge in [-0.15, -0.1) is 0 Å². The summed E-state index contributed by atoms with van der Waals surface area (Å²) in [6.45, 7) is 11.4. The van der Waals surface area contributed by atoms with Crippen molar-refractivity contribution in [1.29, 1.82) is 5.26 Å². The van der Waals surface area contributed by atoms with E-state index in [9.17, 15) is 4.79 Å². The Bertz CT molecular complexity index is 393. The van der Waals surface area contributed by atoms with E-state index in [1.54, 1.807) is 6.92 Å². The van der Waals surface area contributed by atoms with Gasteiger partial charge in [0.2, 0.25) is 0 Å². The van der Waals surface area contributed by atoms with Crippen LogP contribution in [0.2, 0.25) is 0 Å². The summed E-state index contributed by atoms with van der Waals surface area (Å²) in [6.07, 6.45) is 1.88. The van der Waals surface area contributed by atoms with E-state index in [1.807, 2.05) is 40.7 Å². The predicted molar refractivity (Wildman–Crippen MR) is 66.0 cm³/mol. The molecule has 0 aromatic heterocycles. The second kappa shape index (κ2) is 4.18. The highest BCUT2D eigenvalue weighted by atomic mass is 16.6. The van der Waals surface area contributed by atoms with E-state index in [2.05, 4.69) is 6.07 Å². The third-order valence-corrected chi connectivity index (χ3v) is 3.18. The van der Waals surface area contributed by atoms with Crippen LogP contribution in [-0.2, 0) is 9.53 Å². The standard InChI is InChI=1S/C14H21NO2/c1-9(8-15)7-10-11(14(10,5)6)12(16)17-13(2,3)4/h7,10-11H,1-6H3/b9-7-. The van der Waals surface area contributed by atoms with Gasteiger partial charge in [-0.05, 0) is 39.0 Å². The summed E-state index contributed by atoms with van der Waals surface area (Å²) in [5.41, 5.74) is 0.114. The van der Waals surface area contributed by atoms with Gasteiger partial charge in [-0.2, -0.15) is 5.26 Å². The van der Waals surface area contributed by atoms with E-state index < -0.39 is 5.60 Å². The minimum atomic E-state index is -0.450. The summed E-state index contributed by atoms with van der Waals surface area (Å²) >= 11 is 0. The Kier molecular flexibility index (Phi) is 3.38. The first-order valence-electron chi connectivity index (χ1n) is 5.91. The van der Waals surface area contributed by atoms with Gasteiger partial charge >= 0.3 is 5.97 Å². The van der Waals surface area contributed by atoms with Crippen molar-refractivity contribution in [2.45, 2.75) is 47.1 Å². The summed E-state index contributed by atoms with van der Waals surface area (Å²) in [6, 6.07) is 2.09. The van der Waals surface area contributed by atoms with Crippen molar-refractivity contribution in [3.63, 3.8) is 0 Å². The SMILES string of the molecule is C/C(C#N)=C/C1C(C(=O)OC(C)(C)C)C1(C)C. The smallest absolute Gasteiger partial charge is 0.310 e. The number of nitrogens with zero attached hydrogens (tertiary/aromatic N) is 1. The molecule has 2 unspecified atom stereocenters. The number of allylic oxidation sites excluding steroid dienone is 2. The number of carbonyl (C=O) groups excluding carboxylic acids is 1. The van der Waals surface area contributed by atoms with E-state index in [-0.39, 0.29) is 23.2 Å². The Hall–Kier alpha value is -1.30. The van der Waals surface area contributed by atoms with Crippen LogP contribution in [0.15, 0.2) is 11.6 Å². The number of carbonyl (C=O) groups is 1. The van der Waals surface area contributed by atoms with Crippen molar-refractivity contribution in [2.75, 3.05) is 0 Å². The van der Waals surface area contributed by atoms with Crippen molar-refractivity contribution in [3.8, 4) is 6.07 Å². The van der Waals surface area contributed by atoms with Crippen LogP contribution in [0, 0.1) is 28.6 Å². The Morgan fingerprint density at radius 2 is 1.94 bits per heavy atom. The van der Waals surface area contributed by atoms with Crippen LogP contribution >= 0.6 is 0 Å². The Morgan fingerprint density at radius 1 is 1.41 bits per heavy atom. The van der Waals surface area contributed by atoms with Gasteiger partial charge in [0.15, 0.2) is 0 Å². The van der Waals surface area contributed by atoms with E-state index in [0.29, 0.717) is 5.57 Å². The van der Waals surface area contributed by atoms with E-state index in [1.165, 1.54) is 0 Å². The molecule has 0 N–H and O–H groups in total. The zero-order chi connectivity index (χ0) is 13.4. The summed E-state index contributed by atoms with van der Waals surface area (Å²) in [7, 11) is 0. The highest BCUT2D eigenvalue weighted by Crippen LogP contribution is 2.60. The molecule has 3 heteroatoms. The van der Waals surface area contributed by atoms with Crippen molar-refractivity contribution < 1.29 is 9.53 Å². The van der Waals surface area contributed by atoms with Crippen molar-refractivity contribution in [1.82, 2.24) is 0 Å². The van der Waals surface area contributed by atoms with E-state index in [0.717, 1.165) is 0 Å². The maximum Gasteiger partial charge on any atom is 0.310 e. The van der Waals surface area contributed by atoms with Gasteiger partial charge in [0.1, 0.15) is 5.60 Å². The lowest BCUT2D eigenvalue weighted by Gasteiger charge is -2.19. The largest absolute Gasteiger partial charge is 0.460 e. The molecule has 3 nitrogen and oxygen atoms in total. The first-order valence-corrected chi connectivity index (χ1v) is 5.91. The van der Waals surface area contributed by atoms with Gasteiger partial charge in [-0.3, -0.25) is 4.79 Å². The first kappa shape index (κ1) is 13.8. The molecule has 17 heavy (non-hydrogen) atoms. The van der Waals surface area contributed by atoms with Crippen LogP contribution in [0.5, 0.6) is 0 Å². The predicted octanol–water partition coefficient (Wildman–Crippen LogP) is 3.07. The number of nitriles is 1. The van der Waals surface area contributed by atoms with E-state index in [4.69, 9.17) is 10.00 Å². The van der Waals surface area contributed by atoms with Crippen molar-refractivity contribution >= 4 is 5.97 Å². The first-order chi connectivity index (χ1) is 7.59. The van der Waals surface area contributed by atoms with Crippen LogP contribution in [0.4, 0.5) is 0 Å². The molecule has 1 aliphatic rings. The zero-order valence-corrected chi connectivity index (χ0v) is 11.5. The average Bonchev–Trinajstić information content (AvgIpc) is 2.65. The van der Waals surface area contributed by atoms with Gasteiger partial charge < -0.3 is 4.74 Å². The molecular weight excluding hydrogens is 214 g/mol. The monoisotopic (exact) mass is 235 g/mol. The van der Waals surface area contributed by atoms with Crippen LogP contribution < -0.4 is 0 Å². The lowest BCUT2D eigenvalue weighted by Crippen LogP contribution is -2.26. The summed E-state index contributed by atoms with van der Waals surface area (Å²) < 4.78 is 5.39. The van der Waals surface area contributed by atoms with Crippen LogP contribution in [0.25, 0.3) is 0 Å². The molecule has 2 atom stereocenters. The van der Waals surface area contributed by atoms with Crippen LogP contribution in [0.1, 0.15) is 41.5 Å². The molecule has 1 aliphatic carbocycles. The lowest BCUT2D eigenvalue weighted by molar-refractivity contribution is -0.157. The topological polar surface area (TPSA) is 50.1 Å². The third kappa shape index (κ3) is 3.09. The molecule has 0 amide bonds. The Balaban J connectivity index is 2.76. The molecule has 0 bridgehead atoms. The quantitative estimate of drug-likeness (QED) is 0.546. The van der Waals surface area contributed by atoms with Gasteiger partial charge in [0.25, 0.3) is 0 Å². The average molecular weight is 235 g/mol. The fourth-order valence-electron chi connectivity index (χ4n) is 2.11. The Labute approximate surface area is 103 Å². The number of esters is 1. The molecule has 0 spiro atoms. The van der Waals surface area contributed by atoms with E-state index >= 15 is 0 Å². The number of ether oxygens (including phenoxy) is 1. The third-order valence-electron chi connectivity index (χ3n) is 3.18. The van der Waals surface area contributed by atoms with Gasteiger partial charge in [-0.25, -0.2) is 0 Å². The molecule has 0 saturated heterocycles. The van der Waals surface area contributed by atoms with Crippen LogP contribution in [-0.4, -0.2) is 11.6 Å². The maximum absolute atomic E-state index is 12.0. The van der Waals surface area contributed by atoms with Gasteiger partial charge in [0, 0.05) is 5.57 Å².